The molecule has 0 saturated carbocycles. The monoisotopic (exact) mass is 198 g/mol. The third kappa shape index (κ3) is 6.40. The topological polar surface area (TPSA) is 54.4 Å². The van der Waals surface area contributed by atoms with Crippen LogP contribution in [0.5, 0.6) is 0 Å². The molecule has 0 aromatic heterocycles. The molecule has 0 aliphatic carbocycles. The van der Waals surface area contributed by atoms with Gasteiger partial charge in [0.05, 0.1) is 0 Å². The smallest absolute Gasteiger partial charge is 0.328 e. The van der Waals surface area contributed by atoms with E-state index in [-0.39, 0.29) is 5.78 Å². The fourth-order valence-corrected chi connectivity index (χ4v) is 1.24. The quantitative estimate of drug-likeness (QED) is 0.505. The van der Waals surface area contributed by atoms with Gasteiger partial charge in [-0.15, -0.1) is 0 Å². The second-order valence-corrected chi connectivity index (χ2v) is 3.37. The summed E-state index contributed by atoms with van der Waals surface area (Å²) in [7, 11) is 0. The van der Waals surface area contributed by atoms with Gasteiger partial charge < -0.3 is 5.11 Å². The number of carbonyl (C=O) groups excluding carboxylic acids is 1. The maximum atomic E-state index is 11.0. The molecule has 3 nitrogen and oxygen atoms in total. The molecule has 0 heterocycles. The first-order valence-electron chi connectivity index (χ1n) is 5.02. The average Bonchev–Trinajstić information content (AvgIpc) is 2.09. The SMILES string of the molecule is CCCCCC/C(=C\C(=O)O)C(C)=O. The molecule has 0 saturated heterocycles. The summed E-state index contributed by atoms with van der Waals surface area (Å²) in [4.78, 5) is 21.4. The van der Waals surface area contributed by atoms with Crippen LogP contribution in [0.1, 0.15) is 46.0 Å². The van der Waals surface area contributed by atoms with Crippen molar-refractivity contribution in [3.63, 3.8) is 0 Å². The Morgan fingerprint density at radius 1 is 1.21 bits per heavy atom. The standard InChI is InChI=1S/C11H18O3/c1-3-4-5-6-7-10(9(2)12)8-11(13)14/h8H,3-7H2,1-2H3,(H,13,14)/b10-8+. The summed E-state index contributed by atoms with van der Waals surface area (Å²) in [6, 6.07) is 0. The number of allylic oxidation sites excluding steroid dienone is 1. The lowest BCUT2D eigenvalue weighted by atomic mass is 10.0. The van der Waals surface area contributed by atoms with Gasteiger partial charge in [-0.1, -0.05) is 26.2 Å². The molecule has 0 aliphatic heterocycles. The van der Waals surface area contributed by atoms with E-state index in [1.807, 2.05) is 0 Å². The molecule has 0 radical (unpaired) electrons. The highest BCUT2D eigenvalue weighted by atomic mass is 16.4. The summed E-state index contributed by atoms with van der Waals surface area (Å²) in [5, 5.41) is 8.51. The Balaban J connectivity index is 3.99. The molecule has 0 aliphatic rings. The van der Waals surface area contributed by atoms with Crippen LogP contribution in [0, 0.1) is 0 Å². The van der Waals surface area contributed by atoms with Gasteiger partial charge in [-0.2, -0.15) is 0 Å². The minimum absolute atomic E-state index is 0.135. The van der Waals surface area contributed by atoms with E-state index in [2.05, 4.69) is 6.92 Å². The van der Waals surface area contributed by atoms with Gasteiger partial charge >= 0.3 is 5.97 Å². The number of Topliss-reactive ketones (excluding diaryl/α,β-unsaturated/α-hetero) is 1. The van der Waals surface area contributed by atoms with Gasteiger partial charge in [0.2, 0.25) is 0 Å². The van der Waals surface area contributed by atoms with E-state index in [0.717, 1.165) is 31.8 Å². The van der Waals surface area contributed by atoms with Gasteiger partial charge in [0.25, 0.3) is 0 Å². The fraction of sp³-hybridized carbons (Fsp3) is 0.636. The van der Waals surface area contributed by atoms with E-state index in [1.165, 1.54) is 6.92 Å². The normalized spacial score (nSPS) is 11.4. The fourth-order valence-electron chi connectivity index (χ4n) is 1.24. The molecule has 0 fully saturated rings. The first-order chi connectivity index (χ1) is 6.57. The largest absolute Gasteiger partial charge is 0.478 e. The molecule has 1 N–H and O–H groups in total. The maximum Gasteiger partial charge on any atom is 0.328 e. The number of carbonyl (C=O) groups is 2. The molecular formula is C11H18O3. The second-order valence-electron chi connectivity index (χ2n) is 3.37. The lowest BCUT2D eigenvalue weighted by molar-refractivity contribution is -0.131. The number of rotatable bonds is 7. The van der Waals surface area contributed by atoms with Crippen LogP contribution in [0.3, 0.4) is 0 Å². The Morgan fingerprint density at radius 2 is 1.86 bits per heavy atom. The van der Waals surface area contributed by atoms with Crippen molar-refractivity contribution in [1.29, 1.82) is 0 Å². The van der Waals surface area contributed by atoms with Gasteiger partial charge in [-0.05, 0) is 19.8 Å². The van der Waals surface area contributed by atoms with E-state index in [0.29, 0.717) is 12.0 Å². The van der Waals surface area contributed by atoms with Crippen molar-refractivity contribution in [2.24, 2.45) is 0 Å². The summed E-state index contributed by atoms with van der Waals surface area (Å²) in [6.07, 6.45) is 5.83. The van der Waals surface area contributed by atoms with Gasteiger partial charge in [-0.3, -0.25) is 4.79 Å². The van der Waals surface area contributed by atoms with E-state index in [9.17, 15) is 9.59 Å². The van der Waals surface area contributed by atoms with Crippen LogP contribution in [0.4, 0.5) is 0 Å². The molecule has 3 heteroatoms. The van der Waals surface area contributed by atoms with Crippen LogP contribution in [-0.2, 0) is 9.59 Å². The highest BCUT2D eigenvalue weighted by Crippen LogP contribution is 2.10. The molecule has 0 aromatic carbocycles. The van der Waals surface area contributed by atoms with Crippen LogP contribution in [0.2, 0.25) is 0 Å². The van der Waals surface area contributed by atoms with Crippen LogP contribution in [0.15, 0.2) is 11.6 Å². The van der Waals surface area contributed by atoms with Gasteiger partial charge in [0, 0.05) is 11.6 Å². The zero-order valence-electron chi connectivity index (χ0n) is 8.88. The average molecular weight is 198 g/mol. The molecule has 0 unspecified atom stereocenters. The summed E-state index contributed by atoms with van der Waals surface area (Å²) >= 11 is 0. The molecule has 0 amide bonds. The Kier molecular flexibility index (Phi) is 6.72. The summed E-state index contributed by atoms with van der Waals surface area (Å²) in [6.45, 7) is 3.52. The molecule has 0 rings (SSSR count). The number of unbranched alkanes of at least 4 members (excludes halogenated alkanes) is 3. The lowest BCUT2D eigenvalue weighted by Gasteiger charge is -2.01. The third-order valence-electron chi connectivity index (χ3n) is 2.05. The Morgan fingerprint density at radius 3 is 2.29 bits per heavy atom. The first kappa shape index (κ1) is 12.9. The highest BCUT2D eigenvalue weighted by molar-refractivity contribution is 5.98. The number of carboxylic acids is 1. The van der Waals surface area contributed by atoms with E-state index >= 15 is 0 Å². The first-order valence-corrected chi connectivity index (χ1v) is 5.02. The summed E-state index contributed by atoms with van der Waals surface area (Å²) in [5.74, 6) is -1.17. The van der Waals surface area contributed by atoms with E-state index in [4.69, 9.17) is 5.11 Å². The van der Waals surface area contributed by atoms with Crippen molar-refractivity contribution in [2.45, 2.75) is 46.0 Å². The molecule has 14 heavy (non-hydrogen) atoms. The lowest BCUT2D eigenvalue weighted by Crippen LogP contribution is -2.01. The van der Waals surface area contributed by atoms with Crippen LogP contribution >= 0.6 is 0 Å². The van der Waals surface area contributed by atoms with Crippen LogP contribution in [0.25, 0.3) is 0 Å². The minimum atomic E-state index is -1.04. The number of aliphatic carboxylic acids is 1. The Hall–Kier alpha value is -1.12. The minimum Gasteiger partial charge on any atom is -0.478 e. The molecular weight excluding hydrogens is 180 g/mol. The Bertz CT molecular complexity index is 229. The zero-order chi connectivity index (χ0) is 11.0. The number of carboxylic acid groups (broad SMARTS) is 1. The van der Waals surface area contributed by atoms with Gasteiger partial charge in [0.1, 0.15) is 0 Å². The summed E-state index contributed by atoms with van der Waals surface area (Å²) in [5.41, 5.74) is 0.425. The van der Waals surface area contributed by atoms with Gasteiger partial charge in [-0.25, -0.2) is 4.79 Å². The van der Waals surface area contributed by atoms with Crippen LogP contribution in [-0.4, -0.2) is 16.9 Å². The molecule has 80 valence electrons. The Labute approximate surface area is 84.8 Å². The molecule has 0 spiro atoms. The van der Waals surface area contributed by atoms with Crippen molar-refractivity contribution < 1.29 is 14.7 Å². The molecule has 0 bridgehead atoms. The number of ketones is 1. The van der Waals surface area contributed by atoms with Crippen molar-refractivity contribution in [2.75, 3.05) is 0 Å². The predicted molar refractivity (Wildman–Crippen MR) is 55.2 cm³/mol. The molecule has 0 atom stereocenters. The predicted octanol–water partition coefficient (Wildman–Crippen LogP) is 2.56. The summed E-state index contributed by atoms with van der Waals surface area (Å²) < 4.78 is 0. The van der Waals surface area contributed by atoms with Crippen molar-refractivity contribution in [3.8, 4) is 0 Å². The van der Waals surface area contributed by atoms with Gasteiger partial charge in [0.15, 0.2) is 5.78 Å². The third-order valence-corrected chi connectivity index (χ3v) is 2.05. The van der Waals surface area contributed by atoms with Crippen molar-refractivity contribution in [1.82, 2.24) is 0 Å². The second kappa shape index (κ2) is 7.30. The van der Waals surface area contributed by atoms with E-state index < -0.39 is 5.97 Å². The maximum absolute atomic E-state index is 11.0. The van der Waals surface area contributed by atoms with Crippen LogP contribution < -0.4 is 0 Å². The zero-order valence-corrected chi connectivity index (χ0v) is 8.88. The number of hydrogen-bond acceptors (Lipinski definition) is 2. The van der Waals surface area contributed by atoms with Crippen molar-refractivity contribution >= 4 is 11.8 Å². The van der Waals surface area contributed by atoms with E-state index in [1.54, 1.807) is 0 Å². The molecule has 0 aromatic rings. The number of hydrogen-bond donors (Lipinski definition) is 1. The van der Waals surface area contributed by atoms with Crippen molar-refractivity contribution in [3.05, 3.63) is 11.6 Å². The highest BCUT2D eigenvalue weighted by Gasteiger charge is 2.05.